The standard InChI is InChI=1S/C70H69N5O.Pt/c1-67(2,3)47-32-34-51(35-33-47)74-60-27-16-13-24-56(60)57-25-15-18-29-62(57)75(66-43-48(38-39-71-66)68(4,5)6)65-45-55(36-37-59(65)58-26-14-17-28-61(58)74)76-54-23-21-22-52(44-54)72-46-73(64-31-20-19-30-63(64)72)53-41-49(69(7,8)9)40-50(42-53)70(10,11)12;/h13-45H,1-12H3;. The molecule has 3 heterocycles. The van der Waals surface area contributed by atoms with Crippen LogP contribution in [0, 0.1) is 3.80 Å². The van der Waals surface area contributed by atoms with E-state index in [1.807, 2.05) is 6.20 Å². The molecule has 0 bridgehead atoms. The number of ether oxygens (including phenoxy) is 1. The van der Waals surface area contributed by atoms with Crippen molar-refractivity contribution in [3.63, 3.8) is 0 Å². The second-order valence-corrected chi connectivity index (χ2v) is 25.6. The van der Waals surface area contributed by atoms with Crippen LogP contribution in [-0.2, 0) is 41.0 Å². The molecule has 0 radical (unpaired) electrons. The van der Waals surface area contributed by atoms with Gasteiger partial charge in [-0.1, -0.05) is 102 Å². The molecule has 1 aliphatic rings. The maximum atomic E-state index is 7.13. The number of hydrogen-bond acceptors (Lipinski definition) is 4. The van der Waals surface area contributed by atoms with Crippen molar-refractivity contribution in [3.05, 3.63) is 226 Å². The molecule has 2 aromatic heterocycles. The third-order valence-corrected chi connectivity index (χ3v) is 16.0. The Hall–Kier alpha value is -7.53. The van der Waals surface area contributed by atoms with E-state index in [-0.39, 0.29) is 21.7 Å². The fourth-order valence-corrected chi connectivity index (χ4v) is 11.7. The molecule has 1 aliphatic heterocycles. The molecule has 10 aromatic rings. The van der Waals surface area contributed by atoms with Crippen LogP contribution in [0.2, 0.25) is 0 Å². The molecule has 0 N–H and O–H groups in total. The normalized spacial score (nSPS) is 13.0. The van der Waals surface area contributed by atoms with Crippen molar-refractivity contribution >= 4 is 45.3 Å². The second kappa shape index (κ2) is 19.5. The quantitative estimate of drug-likeness (QED) is 0.166. The van der Waals surface area contributed by atoms with E-state index in [1.165, 1.54) is 22.3 Å². The Morgan fingerprint density at radius 1 is 0.351 bits per heavy atom. The van der Waals surface area contributed by atoms with Gasteiger partial charge in [-0.05, 0) is 52.3 Å². The summed E-state index contributed by atoms with van der Waals surface area (Å²) in [6, 6.07) is 70.7. The predicted molar refractivity (Wildman–Crippen MR) is 319 cm³/mol. The summed E-state index contributed by atoms with van der Waals surface area (Å²) in [5, 5.41) is 0. The summed E-state index contributed by atoms with van der Waals surface area (Å²) in [7, 11) is 0. The number of pyridine rings is 1. The molecule has 0 atom stereocenters. The van der Waals surface area contributed by atoms with E-state index >= 15 is 0 Å². The zero-order valence-corrected chi connectivity index (χ0v) is 48.8. The summed E-state index contributed by atoms with van der Waals surface area (Å²) in [6.07, 6.45) is 1.95. The van der Waals surface area contributed by atoms with Gasteiger partial charge in [0.25, 0.3) is 0 Å². The van der Waals surface area contributed by atoms with Crippen LogP contribution in [0.3, 0.4) is 0 Å². The first-order valence-corrected chi connectivity index (χ1v) is 28.0. The van der Waals surface area contributed by atoms with Crippen molar-refractivity contribution in [2.75, 3.05) is 9.80 Å². The van der Waals surface area contributed by atoms with Crippen LogP contribution >= 0.6 is 0 Å². The summed E-state index contributed by atoms with van der Waals surface area (Å²) in [6.45, 7) is 27.4. The van der Waals surface area contributed by atoms with Crippen molar-refractivity contribution in [3.8, 4) is 45.1 Å². The fraction of sp³-hybridized carbons (Fsp3) is 0.229. The van der Waals surface area contributed by atoms with E-state index in [2.05, 4.69) is 315 Å². The summed E-state index contributed by atoms with van der Waals surface area (Å²) < 4.78 is 13.0. The zero-order chi connectivity index (χ0) is 54.2. The first kappa shape index (κ1) is 51.6. The molecule has 0 aliphatic carbocycles. The number of anilines is 6. The van der Waals surface area contributed by atoms with Gasteiger partial charge in [0.2, 0.25) is 0 Å². The van der Waals surface area contributed by atoms with Crippen LogP contribution in [0.4, 0.5) is 34.3 Å². The molecule has 0 saturated carbocycles. The first-order valence-electron chi connectivity index (χ1n) is 26.9. The predicted octanol–water partition coefficient (Wildman–Crippen LogP) is 19.5. The molecule has 11 rings (SSSR count). The van der Waals surface area contributed by atoms with Crippen molar-refractivity contribution in [1.29, 1.82) is 0 Å². The molecule has 0 unspecified atom stereocenters. The molecular formula is C70H69N5OPt. The van der Waals surface area contributed by atoms with E-state index < -0.39 is 0 Å². The number of rotatable bonds is 6. The summed E-state index contributed by atoms with van der Waals surface area (Å²) >= 11 is 2.51. The van der Waals surface area contributed by atoms with Crippen molar-refractivity contribution in [2.24, 2.45) is 0 Å². The average Bonchev–Trinajstić information content (AvgIpc) is 3.76. The molecule has 77 heavy (non-hydrogen) atoms. The van der Waals surface area contributed by atoms with Gasteiger partial charge in [0.1, 0.15) is 0 Å². The summed E-state index contributed by atoms with van der Waals surface area (Å²) in [5.74, 6) is 2.25. The van der Waals surface area contributed by atoms with E-state index in [1.54, 1.807) is 0 Å². The van der Waals surface area contributed by atoms with Crippen LogP contribution in [0.5, 0.6) is 11.5 Å². The van der Waals surface area contributed by atoms with E-state index in [9.17, 15) is 0 Å². The van der Waals surface area contributed by atoms with Gasteiger partial charge in [-0.2, -0.15) is 0 Å². The number of imidazole rings is 1. The number of hydrogen-bond donors (Lipinski definition) is 0. The minimum absolute atomic E-state index is 0.00847. The maximum absolute atomic E-state index is 7.13. The molecular weight excluding hydrogens is 1120 g/mol. The minimum Gasteiger partial charge on any atom is -0.0615 e. The molecule has 0 saturated heterocycles. The fourth-order valence-electron chi connectivity index (χ4n) is 10.6. The van der Waals surface area contributed by atoms with Crippen molar-refractivity contribution in [2.45, 2.75) is 105 Å². The Morgan fingerprint density at radius 3 is 1.38 bits per heavy atom. The average molecular weight is 1190 g/mol. The van der Waals surface area contributed by atoms with E-state index in [4.69, 9.17) is 9.72 Å². The Bertz CT molecular complexity index is 3890. The summed E-state index contributed by atoms with van der Waals surface area (Å²) in [5.41, 5.74) is 18.8. The first-order chi connectivity index (χ1) is 36.6. The Labute approximate surface area is 466 Å². The molecule has 0 spiro atoms. The van der Waals surface area contributed by atoms with Crippen molar-refractivity contribution in [1.82, 2.24) is 14.1 Å². The summed E-state index contributed by atoms with van der Waals surface area (Å²) in [4.78, 5) is 10.00. The third kappa shape index (κ3) is 9.82. The number of para-hydroxylation sites is 5. The Balaban J connectivity index is 1.11. The van der Waals surface area contributed by atoms with Gasteiger partial charge < -0.3 is 4.90 Å². The van der Waals surface area contributed by atoms with Crippen molar-refractivity contribution < 1.29 is 24.1 Å². The van der Waals surface area contributed by atoms with E-state index in [0.717, 1.165) is 88.5 Å². The van der Waals surface area contributed by atoms with Crippen LogP contribution in [0.1, 0.15) is 105 Å². The van der Waals surface area contributed by atoms with Crippen LogP contribution < -0.4 is 14.5 Å². The van der Waals surface area contributed by atoms with Crippen LogP contribution in [0.25, 0.3) is 44.7 Å². The number of nitrogens with zero attached hydrogens (tertiary/aromatic N) is 5. The second-order valence-electron chi connectivity index (χ2n) is 24.6. The van der Waals surface area contributed by atoms with Gasteiger partial charge in [0.15, 0.2) is 0 Å². The smallest absolute Gasteiger partial charge is 0.0615 e. The molecule has 0 amide bonds. The monoisotopic (exact) mass is 1190 g/mol. The molecule has 6 nitrogen and oxygen atoms in total. The topological polar surface area (TPSA) is 38.5 Å². The van der Waals surface area contributed by atoms with Gasteiger partial charge in [0.05, 0.1) is 5.69 Å². The molecule has 0 fully saturated rings. The number of aromatic nitrogens is 3. The molecule has 7 heteroatoms. The SMILES string of the molecule is CC(C)(C)c1ccc(N2c3ccccc3-c3ccccc3N(c3cc(C(C)(C)C)ccn3)c3cc(Oc4cccc(-n5[c](=[Pt])n(-c6cc(C(C)(C)C)cc(C(C)(C)C)c6)c6ccccc65)c4)ccc3-c3ccccc32)cc1. The van der Waals surface area contributed by atoms with Gasteiger partial charge in [-0.25, -0.2) is 0 Å². The number of fused-ring (bicyclic) bond motifs is 7. The van der Waals surface area contributed by atoms with Gasteiger partial charge in [0, 0.05) is 17.4 Å². The van der Waals surface area contributed by atoms with Gasteiger partial charge >= 0.3 is 287 Å². The van der Waals surface area contributed by atoms with Gasteiger partial charge in [-0.3, -0.25) is 0 Å². The number of benzene rings is 8. The Kier molecular flexibility index (Phi) is 13.1. The van der Waals surface area contributed by atoms with Crippen LogP contribution in [-0.4, -0.2) is 14.1 Å². The third-order valence-electron chi connectivity index (χ3n) is 15.0. The van der Waals surface area contributed by atoms with Crippen LogP contribution in [0.15, 0.2) is 200 Å². The van der Waals surface area contributed by atoms with Gasteiger partial charge in [-0.15, -0.1) is 0 Å². The minimum atomic E-state index is -0.122. The molecule has 390 valence electrons. The van der Waals surface area contributed by atoms with E-state index in [0.29, 0.717) is 5.75 Å². The molecule has 8 aromatic carbocycles. The zero-order valence-electron chi connectivity index (χ0n) is 46.5. The Morgan fingerprint density at radius 2 is 0.831 bits per heavy atom.